The third kappa shape index (κ3) is 4.32. The molecule has 0 bridgehead atoms. The highest BCUT2D eigenvalue weighted by Gasteiger charge is 2.36. The van der Waals surface area contributed by atoms with Gasteiger partial charge in [-0.2, -0.15) is 5.26 Å². The molecule has 0 aliphatic heterocycles. The molecule has 0 saturated heterocycles. The highest BCUT2D eigenvalue weighted by atomic mass is 35.5. The van der Waals surface area contributed by atoms with E-state index in [0.717, 1.165) is 0 Å². The van der Waals surface area contributed by atoms with Crippen LogP contribution in [-0.2, 0) is 9.59 Å². The van der Waals surface area contributed by atoms with Crippen LogP contribution in [0.1, 0.15) is 19.4 Å². The van der Waals surface area contributed by atoms with Gasteiger partial charge >= 0.3 is 0 Å². The second-order valence-corrected chi connectivity index (χ2v) is 6.51. The van der Waals surface area contributed by atoms with Crippen molar-refractivity contribution in [3.05, 3.63) is 53.1 Å². The van der Waals surface area contributed by atoms with Gasteiger partial charge in [-0.1, -0.05) is 17.7 Å². The van der Waals surface area contributed by atoms with Crippen LogP contribution in [0.25, 0.3) is 0 Å². The zero-order valence-corrected chi connectivity index (χ0v) is 15.3. The van der Waals surface area contributed by atoms with Gasteiger partial charge in [-0.15, -0.1) is 0 Å². The molecule has 2 amide bonds. The van der Waals surface area contributed by atoms with Crippen molar-refractivity contribution >= 4 is 34.8 Å². The zero-order valence-electron chi connectivity index (χ0n) is 14.6. The fraction of sp³-hybridized carbons (Fsp3) is 0.211. The smallest absolute Gasteiger partial charge is 0.239 e. The van der Waals surface area contributed by atoms with E-state index in [9.17, 15) is 9.59 Å². The fourth-order valence-corrected chi connectivity index (χ4v) is 2.29. The largest absolute Gasteiger partial charge is 0.495 e. The van der Waals surface area contributed by atoms with Crippen LogP contribution in [0, 0.1) is 16.7 Å². The summed E-state index contributed by atoms with van der Waals surface area (Å²) in [6, 6.07) is 13.3. The molecule has 0 heterocycles. The summed E-state index contributed by atoms with van der Waals surface area (Å²) in [7, 11) is 1.47. The maximum absolute atomic E-state index is 12.6. The summed E-state index contributed by atoms with van der Waals surface area (Å²) in [4.78, 5) is 25.2. The molecule has 0 saturated carbocycles. The van der Waals surface area contributed by atoms with Gasteiger partial charge in [0, 0.05) is 10.7 Å². The van der Waals surface area contributed by atoms with Crippen molar-refractivity contribution in [2.24, 2.45) is 5.41 Å². The lowest BCUT2D eigenvalue weighted by atomic mass is 9.90. The maximum atomic E-state index is 12.6. The van der Waals surface area contributed by atoms with Gasteiger partial charge in [0.15, 0.2) is 0 Å². The Balaban J connectivity index is 2.17. The van der Waals surface area contributed by atoms with E-state index in [4.69, 9.17) is 21.6 Å². The molecule has 0 aliphatic carbocycles. The molecular weight excluding hydrogens is 354 g/mol. The Morgan fingerprint density at radius 2 is 1.81 bits per heavy atom. The molecule has 6 nitrogen and oxygen atoms in total. The molecule has 0 radical (unpaired) electrons. The molecule has 26 heavy (non-hydrogen) atoms. The van der Waals surface area contributed by atoms with Crippen LogP contribution in [0.4, 0.5) is 11.4 Å². The predicted molar refractivity (Wildman–Crippen MR) is 100 cm³/mol. The Labute approximate surface area is 156 Å². The first kappa shape index (κ1) is 19.3. The van der Waals surface area contributed by atoms with Crippen LogP contribution in [0.2, 0.25) is 5.02 Å². The first-order chi connectivity index (χ1) is 12.3. The van der Waals surface area contributed by atoms with Gasteiger partial charge in [0.1, 0.15) is 11.2 Å². The Morgan fingerprint density at radius 1 is 1.12 bits per heavy atom. The number of anilines is 2. The number of benzene rings is 2. The molecule has 7 heteroatoms. The summed E-state index contributed by atoms with van der Waals surface area (Å²) in [5.41, 5.74) is -0.156. The second kappa shape index (κ2) is 7.89. The minimum absolute atomic E-state index is 0.373. The summed E-state index contributed by atoms with van der Waals surface area (Å²) in [6.45, 7) is 3.01. The number of nitrogens with one attached hydrogen (secondary N) is 2. The normalized spacial score (nSPS) is 10.6. The lowest BCUT2D eigenvalue weighted by Gasteiger charge is -2.23. The zero-order chi connectivity index (χ0) is 19.3. The monoisotopic (exact) mass is 371 g/mol. The molecule has 0 atom stereocenters. The third-order valence-electron chi connectivity index (χ3n) is 3.79. The van der Waals surface area contributed by atoms with Crippen molar-refractivity contribution in [2.45, 2.75) is 13.8 Å². The molecule has 0 fully saturated rings. The second-order valence-electron chi connectivity index (χ2n) is 6.07. The quantitative estimate of drug-likeness (QED) is 0.781. The molecule has 0 aromatic heterocycles. The summed E-state index contributed by atoms with van der Waals surface area (Å²) in [5.74, 6) is -0.598. The van der Waals surface area contributed by atoms with Crippen LogP contribution < -0.4 is 15.4 Å². The van der Waals surface area contributed by atoms with Crippen LogP contribution in [-0.4, -0.2) is 18.9 Å². The molecule has 0 spiro atoms. The van der Waals surface area contributed by atoms with E-state index in [1.807, 2.05) is 6.07 Å². The van der Waals surface area contributed by atoms with Crippen LogP contribution in [0.3, 0.4) is 0 Å². The number of methoxy groups -OCH3 is 1. The number of amides is 2. The van der Waals surface area contributed by atoms with E-state index in [0.29, 0.717) is 27.7 Å². The van der Waals surface area contributed by atoms with Crippen molar-refractivity contribution in [1.29, 1.82) is 5.26 Å². The molecular formula is C19H18ClN3O3. The first-order valence-electron chi connectivity index (χ1n) is 7.74. The van der Waals surface area contributed by atoms with Gasteiger partial charge in [-0.25, -0.2) is 0 Å². The Hall–Kier alpha value is -3.04. The van der Waals surface area contributed by atoms with E-state index in [2.05, 4.69) is 10.6 Å². The number of rotatable bonds is 5. The minimum atomic E-state index is -1.38. The minimum Gasteiger partial charge on any atom is -0.495 e. The molecule has 0 unspecified atom stereocenters. The summed E-state index contributed by atoms with van der Waals surface area (Å²) >= 11 is 5.96. The van der Waals surface area contributed by atoms with E-state index < -0.39 is 17.2 Å². The highest BCUT2D eigenvalue weighted by Crippen LogP contribution is 2.30. The van der Waals surface area contributed by atoms with Gasteiger partial charge in [-0.3, -0.25) is 9.59 Å². The average molecular weight is 372 g/mol. The number of ether oxygens (including phenoxy) is 1. The Kier molecular flexibility index (Phi) is 5.86. The Morgan fingerprint density at radius 3 is 2.46 bits per heavy atom. The van der Waals surface area contributed by atoms with E-state index >= 15 is 0 Å². The first-order valence-corrected chi connectivity index (χ1v) is 8.12. The summed E-state index contributed by atoms with van der Waals surface area (Å²) in [5, 5.41) is 14.7. The van der Waals surface area contributed by atoms with Crippen molar-refractivity contribution in [3.8, 4) is 11.8 Å². The average Bonchev–Trinajstić information content (AvgIpc) is 2.62. The molecule has 2 N–H and O–H groups in total. The van der Waals surface area contributed by atoms with E-state index in [1.54, 1.807) is 36.4 Å². The number of nitriles is 1. The highest BCUT2D eigenvalue weighted by molar-refractivity contribution is 6.31. The van der Waals surface area contributed by atoms with Crippen LogP contribution in [0.15, 0.2) is 42.5 Å². The van der Waals surface area contributed by atoms with Gasteiger partial charge in [0.2, 0.25) is 11.8 Å². The van der Waals surface area contributed by atoms with Crippen LogP contribution >= 0.6 is 11.6 Å². The van der Waals surface area contributed by atoms with Crippen molar-refractivity contribution in [3.63, 3.8) is 0 Å². The topological polar surface area (TPSA) is 91.2 Å². The summed E-state index contributed by atoms with van der Waals surface area (Å²) < 4.78 is 5.19. The number of carbonyl (C=O) groups excluding carboxylic acids is 2. The van der Waals surface area contributed by atoms with Gasteiger partial charge in [-0.05, 0) is 50.2 Å². The SMILES string of the molecule is COc1ccc(Cl)cc1NC(=O)C(C)(C)C(=O)Nc1cccc(C#N)c1. The fourth-order valence-electron chi connectivity index (χ4n) is 2.11. The number of nitrogens with zero attached hydrogens (tertiary/aromatic N) is 1. The van der Waals surface area contributed by atoms with Gasteiger partial charge < -0.3 is 15.4 Å². The van der Waals surface area contributed by atoms with Crippen molar-refractivity contribution < 1.29 is 14.3 Å². The molecule has 134 valence electrons. The van der Waals surface area contributed by atoms with Crippen molar-refractivity contribution in [2.75, 3.05) is 17.7 Å². The summed E-state index contributed by atoms with van der Waals surface area (Å²) in [6.07, 6.45) is 0. The van der Waals surface area contributed by atoms with E-state index in [-0.39, 0.29) is 0 Å². The van der Waals surface area contributed by atoms with Crippen LogP contribution in [0.5, 0.6) is 5.75 Å². The van der Waals surface area contributed by atoms with Gasteiger partial charge in [0.25, 0.3) is 0 Å². The molecule has 2 aromatic rings. The predicted octanol–water partition coefficient (Wildman–Crippen LogP) is 3.82. The van der Waals surface area contributed by atoms with Gasteiger partial charge in [0.05, 0.1) is 24.4 Å². The lowest BCUT2D eigenvalue weighted by Crippen LogP contribution is -2.41. The lowest BCUT2D eigenvalue weighted by molar-refractivity contribution is -0.135. The van der Waals surface area contributed by atoms with E-state index in [1.165, 1.54) is 27.0 Å². The maximum Gasteiger partial charge on any atom is 0.239 e. The number of carbonyl (C=O) groups is 2. The molecule has 2 rings (SSSR count). The standard InChI is InChI=1S/C19H18ClN3O3/c1-19(2,17(24)22-14-6-4-5-12(9-14)11-21)18(25)23-15-10-13(20)7-8-16(15)26-3/h4-10H,1-3H3,(H,22,24)(H,23,25). The molecule has 2 aromatic carbocycles. The number of hydrogen-bond donors (Lipinski definition) is 2. The molecule has 0 aliphatic rings. The number of halogens is 1. The Bertz CT molecular complexity index is 888. The van der Waals surface area contributed by atoms with Crippen molar-refractivity contribution in [1.82, 2.24) is 0 Å². The third-order valence-corrected chi connectivity index (χ3v) is 4.03. The number of hydrogen-bond acceptors (Lipinski definition) is 4.